The van der Waals surface area contributed by atoms with Crippen molar-refractivity contribution in [3.63, 3.8) is 0 Å². The van der Waals surface area contributed by atoms with Crippen LogP contribution in [0, 0.1) is 6.92 Å². The molecule has 2 aromatic rings. The van der Waals surface area contributed by atoms with E-state index < -0.39 is 0 Å². The minimum Gasteiger partial charge on any atom is -0.496 e. The molecule has 0 bridgehead atoms. The molecule has 0 amide bonds. The Hall–Kier alpha value is -2.14. The Morgan fingerprint density at radius 3 is 2.95 bits per heavy atom. The van der Waals surface area contributed by atoms with E-state index >= 15 is 0 Å². The number of hydrogen-bond donors (Lipinski definition) is 1. The van der Waals surface area contributed by atoms with Crippen molar-refractivity contribution in [2.45, 2.75) is 19.4 Å². The predicted octanol–water partition coefficient (Wildman–Crippen LogP) is 2.63. The average Bonchev–Trinajstić information content (AvgIpc) is 2.88. The first-order valence-electron chi connectivity index (χ1n) is 6.00. The van der Waals surface area contributed by atoms with Crippen LogP contribution in [0.2, 0.25) is 0 Å². The summed E-state index contributed by atoms with van der Waals surface area (Å²) < 4.78 is 10.4. The second kappa shape index (κ2) is 5.67. The molecular formula is C14H17N3O2. The van der Waals surface area contributed by atoms with Crippen LogP contribution >= 0.6 is 0 Å². The van der Waals surface area contributed by atoms with E-state index in [-0.39, 0.29) is 6.04 Å². The molecule has 0 fully saturated rings. The van der Waals surface area contributed by atoms with Gasteiger partial charge in [-0.15, -0.1) is 6.58 Å². The van der Waals surface area contributed by atoms with E-state index in [0.29, 0.717) is 18.1 Å². The number of rotatable bonds is 5. The summed E-state index contributed by atoms with van der Waals surface area (Å²) in [6, 6.07) is 5.41. The van der Waals surface area contributed by atoms with E-state index in [2.05, 4.69) is 16.7 Å². The smallest absolute Gasteiger partial charge is 0.244 e. The Morgan fingerprint density at radius 2 is 2.32 bits per heavy atom. The van der Waals surface area contributed by atoms with Gasteiger partial charge in [-0.3, -0.25) is 0 Å². The van der Waals surface area contributed by atoms with Crippen molar-refractivity contribution in [3.05, 3.63) is 42.3 Å². The van der Waals surface area contributed by atoms with Crippen LogP contribution in [0.15, 0.2) is 35.4 Å². The van der Waals surface area contributed by atoms with Crippen LogP contribution in [0.4, 0.5) is 0 Å². The van der Waals surface area contributed by atoms with Crippen molar-refractivity contribution in [1.82, 2.24) is 10.1 Å². The van der Waals surface area contributed by atoms with E-state index in [1.54, 1.807) is 13.2 Å². The maximum atomic E-state index is 5.88. The largest absolute Gasteiger partial charge is 0.496 e. The van der Waals surface area contributed by atoms with Crippen molar-refractivity contribution in [1.29, 1.82) is 0 Å². The van der Waals surface area contributed by atoms with Crippen LogP contribution in [0.1, 0.15) is 23.9 Å². The molecule has 0 radical (unpaired) electrons. The lowest BCUT2D eigenvalue weighted by atomic mass is 10.1. The van der Waals surface area contributed by atoms with Gasteiger partial charge in [0.15, 0.2) is 0 Å². The van der Waals surface area contributed by atoms with Gasteiger partial charge in [-0.25, -0.2) is 0 Å². The highest BCUT2D eigenvalue weighted by Crippen LogP contribution is 2.25. The molecule has 2 N–H and O–H groups in total. The third-order valence-corrected chi connectivity index (χ3v) is 2.83. The molecule has 0 aliphatic rings. The predicted molar refractivity (Wildman–Crippen MR) is 72.8 cm³/mol. The number of hydrogen-bond acceptors (Lipinski definition) is 5. The summed E-state index contributed by atoms with van der Waals surface area (Å²) in [6.07, 6.45) is 2.33. The molecule has 1 aromatic heterocycles. The molecule has 1 atom stereocenters. The number of benzene rings is 1. The topological polar surface area (TPSA) is 74.2 Å². The van der Waals surface area contributed by atoms with Crippen LogP contribution in [-0.4, -0.2) is 17.3 Å². The Kier molecular flexibility index (Phi) is 3.97. The van der Waals surface area contributed by atoms with E-state index in [4.69, 9.17) is 15.0 Å². The minimum atomic E-state index is -0.307. The van der Waals surface area contributed by atoms with Crippen LogP contribution < -0.4 is 10.5 Å². The monoisotopic (exact) mass is 259 g/mol. The molecule has 19 heavy (non-hydrogen) atoms. The summed E-state index contributed by atoms with van der Waals surface area (Å²) in [5, 5.41) is 3.95. The van der Waals surface area contributed by atoms with Gasteiger partial charge in [-0.2, -0.15) is 4.98 Å². The number of aromatic nitrogens is 2. The molecule has 0 saturated heterocycles. The number of aryl methyl sites for hydroxylation is 1. The zero-order valence-electron chi connectivity index (χ0n) is 11.1. The Morgan fingerprint density at radius 1 is 1.53 bits per heavy atom. The van der Waals surface area contributed by atoms with E-state index in [1.165, 1.54) is 0 Å². The Labute approximate surface area is 112 Å². The molecule has 5 heteroatoms. The van der Waals surface area contributed by atoms with Gasteiger partial charge >= 0.3 is 0 Å². The molecule has 1 unspecified atom stereocenters. The summed E-state index contributed by atoms with van der Waals surface area (Å²) in [6.45, 7) is 5.60. The van der Waals surface area contributed by atoms with Gasteiger partial charge in [-0.05, 0) is 37.1 Å². The summed E-state index contributed by atoms with van der Waals surface area (Å²) in [5.74, 6) is 1.78. The zero-order valence-corrected chi connectivity index (χ0v) is 11.1. The Balaban J connectivity index is 2.27. The highest BCUT2D eigenvalue weighted by atomic mass is 16.5. The maximum absolute atomic E-state index is 5.88. The summed E-state index contributed by atoms with van der Waals surface area (Å²) in [7, 11) is 1.64. The normalized spacial score (nSPS) is 12.2. The highest BCUT2D eigenvalue weighted by Gasteiger charge is 2.15. The van der Waals surface area contributed by atoms with Gasteiger partial charge in [0.2, 0.25) is 11.7 Å². The molecule has 0 aliphatic heterocycles. The second-order valence-electron chi connectivity index (χ2n) is 4.27. The quantitative estimate of drug-likeness (QED) is 0.835. The number of nitrogens with two attached hydrogens (primary N) is 1. The lowest BCUT2D eigenvalue weighted by molar-refractivity contribution is 0.356. The Bertz CT molecular complexity index is 578. The molecule has 0 aliphatic carbocycles. The van der Waals surface area contributed by atoms with Crippen LogP contribution in [0.25, 0.3) is 11.4 Å². The van der Waals surface area contributed by atoms with Gasteiger partial charge < -0.3 is 15.0 Å². The van der Waals surface area contributed by atoms with Crippen molar-refractivity contribution in [2.75, 3.05) is 7.11 Å². The van der Waals surface area contributed by atoms with Gasteiger partial charge in [0.1, 0.15) is 5.75 Å². The second-order valence-corrected chi connectivity index (χ2v) is 4.27. The van der Waals surface area contributed by atoms with Crippen LogP contribution in [0.5, 0.6) is 5.75 Å². The number of nitrogens with zero attached hydrogens (tertiary/aromatic N) is 2. The third-order valence-electron chi connectivity index (χ3n) is 2.83. The average molecular weight is 259 g/mol. The highest BCUT2D eigenvalue weighted by molar-refractivity contribution is 5.58. The van der Waals surface area contributed by atoms with Crippen molar-refractivity contribution >= 4 is 0 Å². The molecule has 100 valence electrons. The first kappa shape index (κ1) is 13.3. The maximum Gasteiger partial charge on any atom is 0.244 e. The van der Waals surface area contributed by atoms with Crippen LogP contribution in [0.3, 0.4) is 0 Å². The van der Waals surface area contributed by atoms with Crippen molar-refractivity contribution in [2.24, 2.45) is 5.73 Å². The van der Waals surface area contributed by atoms with Gasteiger partial charge in [0, 0.05) is 5.56 Å². The lowest BCUT2D eigenvalue weighted by Crippen LogP contribution is -2.09. The molecule has 2 rings (SSSR count). The van der Waals surface area contributed by atoms with E-state index in [9.17, 15) is 0 Å². The fourth-order valence-electron chi connectivity index (χ4n) is 1.80. The lowest BCUT2D eigenvalue weighted by Gasteiger charge is -2.04. The van der Waals surface area contributed by atoms with Gasteiger partial charge in [0.25, 0.3) is 0 Å². The fourth-order valence-corrected chi connectivity index (χ4v) is 1.80. The van der Waals surface area contributed by atoms with E-state index in [1.807, 2.05) is 25.1 Å². The zero-order chi connectivity index (χ0) is 13.8. The first-order valence-corrected chi connectivity index (χ1v) is 6.00. The first-order chi connectivity index (χ1) is 9.15. The number of methoxy groups -OCH3 is 1. The van der Waals surface area contributed by atoms with Crippen molar-refractivity contribution < 1.29 is 9.26 Å². The number of ether oxygens (including phenoxy) is 1. The fraction of sp³-hybridized carbons (Fsp3) is 0.286. The molecule has 0 saturated carbocycles. The van der Waals surface area contributed by atoms with Gasteiger partial charge in [0.05, 0.1) is 13.2 Å². The summed E-state index contributed by atoms with van der Waals surface area (Å²) in [4.78, 5) is 4.30. The molecular weight excluding hydrogens is 242 g/mol. The van der Waals surface area contributed by atoms with Gasteiger partial charge in [-0.1, -0.05) is 11.2 Å². The summed E-state index contributed by atoms with van der Waals surface area (Å²) >= 11 is 0. The molecule has 5 nitrogen and oxygen atoms in total. The van der Waals surface area contributed by atoms with E-state index in [0.717, 1.165) is 16.9 Å². The summed E-state index contributed by atoms with van der Waals surface area (Å²) in [5.41, 5.74) is 7.77. The van der Waals surface area contributed by atoms with Crippen LogP contribution in [-0.2, 0) is 0 Å². The molecule has 0 spiro atoms. The third kappa shape index (κ3) is 2.82. The standard InChI is InChI=1S/C14H17N3O2/c1-4-5-11(15)14-16-13(17-19-14)10-6-7-12(18-3)9(2)8-10/h4,6-8,11H,1,5,15H2,2-3H3. The molecule has 1 heterocycles. The molecule has 1 aromatic carbocycles. The SMILES string of the molecule is C=CCC(N)c1nc(-c2ccc(OC)c(C)c2)no1. The minimum absolute atomic E-state index is 0.307. The van der Waals surface area contributed by atoms with Crippen molar-refractivity contribution in [3.8, 4) is 17.1 Å².